The Morgan fingerprint density at radius 2 is 2.17 bits per heavy atom. The predicted molar refractivity (Wildman–Crippen MR) is 97.4 cm³/mol. The molecule has 1 heterocycles. The second-order valence-electron chi connectivity index (χ2n) is 6.59. The molecule has 4 nitrogen and oxygen atoms in total. The van der Waals surface area contributed by atoms with Crippen LogP contribution >= 0.6 is 0 Å². The van der Waals surface area contributed by atoms with Gasteiger partial charge in [-0.15, -0.1) is 0 Å². The van der Waals surface area contributed by atoms with Crippen molar-refractivity contribution in [2.75, 3.05) is 13.1 Å². The maximum absolute atomic E-state index is 12.9. The normalized spacial score (nSPS) is 18.3. The molecule has 1 N–H and O–H groups in total. The predicted octanol–water partition coefficient (Wildman–Crippen LogP) is 3.70. The highest BCUT2D eigenvalue weighted by molar-refractivity contribution is 6.45. The number of piperidine rings is 1. The highest BCUT2D eigenvalue weighted by Crippen LogP contribution is 2.29. The number of hydrogen-bond donors (Lipinski definition) is 1. The summed E-state index contributed by atoms with van der Waals surface area (Å²) in [6, 6.07) is 9.47. The number of benzene rings is 2. The van der Waals surface area contributed by atoms with Crippen molar-refractivity contribution in [1.82, 2.24) is 4.81 Å². The van der Waals surface area contributed by atoms with Crippen LogP contribution < -0.4 is 0 Å². The lowest BCUT2D eigenvalue weighted by atomic mass is 9.79. The third-order valence-electron chi connectivity index (χ3n) is 5.02. The summed E-state index contributed by atoms with van der Waals surface area (Å²) in [6.45, 7) is 12.4. The number of hydrogen-bond acceptors (Lipinski definition) is 3. The first-order valence-corrected chi connectivity index (χ1v) is 8.38. The van der Waals surface area contributed by atoms with Crippen molar-refractivity contribution in [2.45, 2.75) is 26.6 Å². The van der Waals surface area contributed by atoms with Crippen LogP contribution in [0.3, 0.4) is 0 Å². The highest BCUT2D eigenvalue weighted by Gasteiger charge is 2.29. The highest BCUT2D eigenvalue weighted by atomic mass is 16.2. The van der Waals surface area contributed by atoms with Crippen molar-refractivity contribution in [1.29, 1.82) is 0 Å². The first-order chi connectivity index (χ1) is 11.5. The topological polar surface area (TPSA) is 44.9 Å². The zero-order valence-electron chi connectivity index (χ0n) is 14.1. The van der Waals surface area contributed by atoms with Gasteiger partial charge in [-0.3, -0.25) is 4.79 Å². The van der Waals surface area contributed by atoms with Crippen molar-refractivity contribution in [3.63, 3.8) is 0 Å². The molecule has 0 amide bonds. The largest absolute Gasteiger partial charge is 0.437 e. The number of fused-ring (bicyclic) bond motifs is 1. The van der Waals surface area contributed by atoms with Crippen molar-refractivity contribution < 1.29 is 9.82 Å². The lowest BCUT2D eigenvalue weighted by molar-refractivity contribution is 0.0865. The average Bonchev–Trinajstić information content (AvgIpc) is 2.61. The van der Waals surface area contributed by atoms with Gasteiger partial charge in [0, 0.05) is 11.5 Å². The molecule has 0 spiro atoms. The molecule has 24 heavy (non-hydrogen) atoms. The van der Waals surface area contributed by atoms with Crippen LogP contribution in [-0.4, -0.2) is 35.8 Å². The molecule has 3 rings (SSSR count). The summed E-state index contributed by atoms with van der Waals surface area (Å²) in [5.41, 5.74) is 2.33. The molecule has 1 atom stereocenters. The number of aryl methyl sites for hydroxylation is 1. The summed E-state index contributed by atoms with van der Waals surface area (Å²) in [5.74, 6) is 0.0866. The van der Waals surface area contributed by atoms with Crippen molar-refractivity contribution in [3.05, 3.63) is 52.9 Å². The van der Waals surface area contributed by atoms with Gasteiger partial charge in [0.25, 0.3) is 0 Å². The van der Waals surface area contributed by atoms with Gasteiger partial charge in [-0.1, -0.05) is 24.3 Å². The van der Waals surface area contributed by atoms with Gasteiger partial charge in [0.2, 0.25) is 0 Å². The molecule has 1 saturated heterocycles. The molecule has 2 aromatic carbocycles. The number of carbonyl (C=O) groups excluding carboxylic acids is 1. The van der Waals surface area contributed by atoms with E-state index in [0.29, 0.717) is 12.2 Å². The molecule has 0 saturated carbocycles. The van der Waals surface area contributed by atoms with E-state index in [1.165, 1.54) is 0 Å². The summed E-state index contributed by atoms with van der Waals surface area (Å²) in [4.78, 5) is 18.4. The second-order valence-corrected chi connectivity index (χ2v) is 6.59. The smallest absolute Gasteiger partial charge is 0.376 e. The van der Waals surface area contributed by atoms with Crippen LogP contribution in [-0.2, 0) is 0 Å². The Morgan fingerprint density at radius 1 is 1.38 bits per heavy atom. The fourth-order valence-electron chi connectivity index (χ4n) is 3.54. The summed E-state index contributed by atoms with van der Waals surface area (Å²) >= 11 is 0. The lowest BCUT2D eigenvalue weighted by Gasteiger charge is -2.32. The van der Waals surface area contributed by atoms with Gasteiger partial charge in [-0.05, 0) is 62.1 Å². The molecule has 0 bridgehead atoms. The van der Waals surface area contributed by atoms with Crippen LogP contribution in [0.4, 0.5) is 5.69 Å². The Bertz CT molecular complexity index is 826. The molecule has 1 aliphatic rings. The Labute approximate surface area is 143 Å². The molecule has 5 heteroatoms. The Kier molecular flexibility index (Phi) is 4.70. The first kappa shape index (κ1) is 16.7. The molecule has 0 aromatic heterocycles. The molecule has 122 valence electrons. The van der Waals surface area contributed by atoms with Gasteiger partial charge < -0.3 is 9.83 Å². The van der Waals surface area contributed by atoms with Gasteiger partial charge in [-0.25, -0.2) is 4.85 Å². The summed E-state index contributed by atoms with van der Waals surface area (Å²) < 4.78 is 0. The number of nitrogens with zero attached hydrogens (tertiary/aromatic N) is 2. The van der Waals surface area contributed by atoms with E-state index in [9.17, 15) is 9.82 Å². The van der Waals surface area contributed by atoms with Crippen LogP contribution in [0.2, 0.25) is 6.82 Å². The number of carbonyl (C=O) groups is 1. The minimum atomic E-state index is -0.508. The van der Waals surface area contributed by atoms with Gasteiger partial charge in [0.15, 0.2) is 11.5 Å². The zero-order chi connectivity index (χ0) is 17.3. The first-order valence-electron chi connectivity index (χ1n) is 8.38. The Morgan fingerprint density at radius 3 is 2.88 bits per heavy atom. The number of rotatable bonds is 3. The number of ketones is 1. The van der Waals surface area contributed by atoms with Crippen molar-refractivity contribution in [2.24, 2.45) is 5.92 Å². The second kappa shape index (κ2) is 6.76. The Balaban J connectivity index is 1.89. The molecule has 1 unspecified atom stereocenters. The van der Waals surface area contributed by atoms with Crippen molar-refractivity contribution >= 4 is 29.3 Å². The lowest BCUT2D eigenvalue weighted by Crippen LogP contribution is -2.46. The van der Waals surface area contributed by atoms with Crippen LogP contribution in [0.25, 0.3) is 15.6 Å². The monoisotopic (exact) mass is 320 g/mol. The molecule has 0 aliphatic carbocycles. The van der Waals surface area contributed by atoms with Gasteiger partial charge >= 0.3 is 7.05 Å². The summed E-state index contributed by atoms with van der Waals surface area (Å²) in [7, 11) is -0.508. The van der Waals surface area contributed by atoms with E-state index in [0.717, 1.165) is 41.3 Å². The standard InChI is InChI=1S/C19H21BN2O2/c1-13-17-8-6-15(11-14(17)7-9-18(13)21-3)19(23)16-5-4-10-22(12-16)20(2)24/h6-9,11,16,24H,4-5,10,12H2,1-2H3. The molecule has 1 fully saturated rings. The third-order valence-corrected chi connectivity index (χ3v) is 5.02. The van der Waals surface area contributed by atoms with Crippen LogP contribution in [0.1, 0.15) is 28.8 Å². The van der Waals surface area contributed by atoms with E-state index in [1.807, 2.05) is 42.1 Å². The molecule has 2 aromatic rings. The van der Waals surface area contributed by atoms with Crippen LogP contribution in [0, 0.1) is 19.4 Å². The van der Waals surface area contributed by atoms with E-state index in [2.05, 4.69) is 4.85 Å². The molecule has 1 aliphatic heterocycles. The van der Waals surface area contributed by atoms with E-state index < -0.39 is 7.05 Å². The van der Waals surface area contributed by atoms with Gasteiger partial charge in [0.1, 0.15) is 0 Å². The Hall–Kier alpha value is -2.16. The fourth-order valence-corrected chi connectivity index (χ4v) is 3.54. The SMILES string of the molecule is [C-]#[N+]c1ccc2cc(C(=O)C3CCCN(B(C)O)C3)ccc2c1C. The summed E-state index contributed by atoms with van der Waals surface area (Å²) in [5, 5.41) is 11.8. The molecular formula is C19H21BN2O2. The molecule has 0 radical (unpaired) electrons. The minimum absolute atomic E-state index is 0.0607. The van der Waals surface area contributed by atoms with Crippen LogP contribution in [0.15, 0.2) is 30.3 Å². The minimum Gasteiger partial charge on any atom is -0.437 e. The maximum Gasteiger partial charge on any atom is 0.376 e. The summed E-state index contributed by atoms with van der Waals surface area (Å²) in [6.07, 6.45) is 1.80. The van der Waals surface area contributed by atoms with Crippen molar-refractivity contribution in [3.8, 4) is 0 Å². The quantitative estimate of drug-likeness (QED) is 0.533. The van der Waals surface area contributed by atoms with Crippen LogP contribution in [0.5, 0.6) is 0 Å². The van der Waals surface area contributed by atoms with E-state index in [4.69, 9.17) is 6.57 Å². The van der Waals surface area contributed by atoms with E-state index in [1.54, 1.807) is 6.82 Å². The van der Waals surface area contributed by atoms with Gasteiger partial charge in [-0.2, -0.15) is 0 Å². The maximum atomic E-state index is 12.9. The fraction of sp³-hybridized carbons (Fsp3) is 0.368. The van der Waals surface area contributed by atoms with Gasteiger partial charge in [0.05, 0.1) is 6.57 Å². The third kappa shape index (κ3) is 3.08. The van der Waals surface area contributed by atoms with E-state index >= 15 is 0 Å². The molecular weight excluding hydrogens is 299 g/mol. The number of Topliss-reactive ketones (excluding diaryl/α,β-unsaturated/α-hetero) is 1. The van der Waals surface area contributed by atoms with E-state index in [-0.39, 0.29) is 11.7 Å². The zero-order valence-corrected chi connectivity index (χ0v) is 14.1. The average molecular weight is 320 g/mol.